The molecule has 2 amide bonds. The molecule has 0 aliphatic carbocycles. The maximum Gasteiger partial charge on any atom is 0.282 e. The van der Waals surface area contributed by atoms with E-state index in [1.807, 2.05) is 87.5 Å². The molecule has 0 spiro atoms. The smallest absolute Gasteiger partial charge is 0.282 e. The largest absolute Gasteiger partial charge is 0.350 e. The van der Waals surface area contributed by atoms with Gasteiger partial charge in [0.25, 0.3) is 11.8 Å². The first-order chi connectivity index (χ1) is 15.9. The highest BCUT2D eigenvalue weighted by Gasteiger charge is 2.40. The number of hydrogen-bond donors (Lipinski definition) is 1. The summed E-state index contributed by atoms with van der Waals surface area (Å²) in [5, 5.41) is 3.25. The van der Waals surface area contributed by atoms with Crippen LogP contribution >= 0.6 is 0 Å². The number of carbonyl (C=O) groups is 2. The third kappa shape index (κ3) is 4.61. The number of amides is 2. The highest BCUT2D eigenvalue weighted by Crippen LogP contribution is 2.35. The van der Waals surface area contributed by atoms with Gasteiger partial charge in [-0.05, 0) is 74.6 Å². The minimum atomic E-state index is -0.336. The molecule has 4 heteroatoms. The Morgan fingerprint density at radius 2 is 1.45 bits per heavy atom. The summed E-state index contributed by atoms with van der Waals surface area (Å²) < 4.78 is 0. The Morgan fingerprint density at radius 1 is 0.788 bits per heavy atom. The van der Waals surface area contributed by atoms with E-state index >= 15 is 0 Å². The molecule has 168 valence electrons. The zero-order valence-corrected chi connectivity index (χ0v) is 19.7. The van der Waals surface area contributed by atoms with Crippen molar-refractivity contribution in [2.24, 2.45) is 0 Å². The van der Waals surface area contributed by atoms with Crippen molar-refractivity contribution >= 4 is 28.8 Å². The van der Waals surface area contributed by atoms with Gasteiger partial charge in [0.2, 0.25) is 0 Å². The van der Waals surface area contributed by atoms with Crippen molar-refractivity contribution in [3.05, 3.63) is 100 Å². The number of nitrogens with zero attached hydrogens (tertiary/aromatic N) is 1. The second-order valence-corrected chi connectivity index (χ2v) is 8.78. The summed E-state index contributed by atoms with van der Waals surface area (Å²) in [4.78, 5) is 28.6. The first-order valence-electron chi connectivity index (χ1n) is 11.5. The van der Waals surface area contributed by atoms with E-state index < -0.39 is 0 Å². The van der Waals surface area contributed by atoms with Crippen LogP contribution in [-0.4, -0.2) is 11.8 Å². The van der Waals surface area contributed by atoms with Gasteiger partial charge in [-0.15, -0.1) is 0 Å². The van der Waals surface area contributed by atoms with Crippen molar-refractivity contribution in [2.45, 2.75) is 47.0 Å². The van der Waals surface area contributed by atoms with Gasteiger partial charge < -0.3 is 5.32 Å². The Morgan fingerprint density at radius 3 is 2.09 bits per heavy atom. The lowest BCUT2D eigenvalue weighted by molar-refractivity contribution is -0.120. The average Bonchev–Trinajstić information content (AvgIpc) is 3.04. The predicted octanol–water partition coefficient (Wildman–Crippen LogP) is 6.35. The summed E-state index contributed by atoms with van der Waals surface area (Å²) in [5.41, 5.74) is 7.27. The van der Waals surface area contributed by atoms with Gasteiger partial charge in [-0.2, -0.15) is 0 Å². The van der Waals surface area contributed by atoms with E-state index in [4.69, 9.17) is 0 Å². The van der Waals surface area contributed by atoms with Crippen molar-refractivity contribution in [3.63, 3.8) is 0 Å². The molecule has 0 aromatic heterocycles. The normalized spacial score (nSPS) is 13.8. The van der Waals surface area contributed by atoms with Gasteiger partial charge in [0.15, 0.2) is 0 Å². The van der Waals surface area contributed by atoms with Crippen molar-refractivity contribution in [2.75, 3.05) is 10.2 Å². The number of rotatable bonds is 7. The van der Waals surface area contributed by atoms with Crippen LogP contribution in [0, 0.1) is 20.8 Å². The van der Waals surface area contributed by atoms with Crippen LogP contribution in [-0.2, 0) is 16.0 Å². The molecule has 1 N–H and O–H groups in total. The maximum absolute atomic E-state index is 13.7. The number of carbonyl (C=O) groups excluding carboxylic acids is 2. The van der Waals surface area contributed by atoms with E-state index in [2.05, 4.69) is 12.2 Å². The van der Waals surface area contributed by atoms with Crippen LogP contribution in [0.5, 0.6) is 0 Å². The number of unbranched alkanes of at least 4 members (excludes halogenated alkanes) is 1. The van der Waals surface area contributed by atoms with Crippen LogP contribution in [0.25, 0.3) is 5.57 Å². The number of aryl methyl sites for hydroxylation is 4. The van der Waals surface area contributed by atoms with Crippen LogP contribution < -0.4 is 10.2 Å². The zero-order valence-electron chi connectivity index (χ0n) is 19.7. The number of hydrogen-bond acceptors (Lipinski definition) is 3. The molecule has 1 aliphatic heterocycles. The van der Waals surface area contributed by atoms with Gasteiger partial charge in [0, 0.05) is 5.69 Å². The highest BCUT2D eigenvalue weighted by molar-refractivity contribution is 6.46. The summed E-state index contributed by atoms with van der Waals surface area (Å²) in [6.45, 7) is 8.17. The molecule has 3 aromatic carbocycles. The molecule has 4 nitrogen and oxygen atoms in total. The first kappa shape index (κ1) is 22.5. The van der Waals surface area contributed by atoms with Gasteiger partial charge in [-0.3, -0.25) is 9.59 Å². The topological polar surface area (TPSA) is 49.4 Å². The van der Waals surface area contributed by atoms with E-state index in [0.717, 1.165) is 47.2 Å². The maximum atomic E-state index is 13.7. The van der Waals surface area contributed by atoms with Crippen molar-refractivity contribution in [1.29, 1.82) is 0 Å². The summed E-state index contributed by atoms with van der Waals surface area (Å²) in [5.74, 6) is -0.639. The Bertz CT molecular complexity index is 1220. The first-order valence-corrected chi connectivity index (χ1v) is 11.5. The number of imide groups is 1. The molecule has 3 aromatic rings. The van der Waals surface area contributed by atoms with E-state index in [1.54, 1.807) is 0 Å². The second-order valence-electron chi connectivity index (χ2n) is 8.78. The second kappa shape index (κ2) is 9.45. The Labute approximate surface area is 195 Å². The third-order valence-corrected chi connectivity index (χ3v) is 6.07. The van der Waals surface area contributed by atoms with Crippen LogP contribution in [0.15, 0.2) is 72.4 Å². The standard InChI is InChI=1S/C29H30N2O2/c1-5-6-7-22-11-15-24(16-12-22)31-28(32)26(25-17-10-20(3)18-21(25)4)27(29(31)33)30-23-13-8-19(2)9-14-23/h8-18,30H,5-7H2,1-4H3. The average molecular weight is 439 g/mol. The lowest BCUT2D eigenvalue weighted by Crippen LogP contribution is -2.32. The molecule has 0 bridgehead atoms. The van der Waals surface area contributed by atoms with Crippen LogP contribution in [0.2, 0.25) is 0 Å². The Balaban J connectivity index is 1.76. The monoisotopic (exact) mass is 438 g/mol. The number of benzene rings is 3. The van der Waals surface area contributed by atoms with Crippen LogP contribution in [0.1, 0.15) is 47.6 Å². The Kier molecular flexibility index (Phi) is 6.45. The lowest BCUT2D eigenvalue weighted by Gasteiger charge is -2.16. The molecule has 0 unspecified atom stereocenters. The molecular weight excluding hydrogens is 408 g/mol. The molecule has 33 heavy (non-hydrogen) atoms. The van der Waals surface area contributed by atoms with E-state index in [1.165, 1.54) is 10.5 Å². The van der Waals surface area contributed by atoms with E-state index in [-0.39, 0.29) is 11.8 Å². The van der Waals surface area contributed by atoms with Gasteiger partial charge in [-0.25, -0.2) is 4.90 Å². The molecular formula is C29H30N2O2. The predicted molar refractivity (Wildman–Crippen MR) is 135 cm³/mol. The van der Waals surface area contributed by atoms with Gasteiger partial charge >= 0.3 is 0 Å². The fourth-order valence-corrected chi connectivity index (χ4v) is 4.20. The zero-order chi connectivity index (χ0) is 23.5. The van der Waals surface area contributed by atoms with Crippen LogP contribution in [0.4, 0.5) is 11.4 Å². The quantitative estimate of drug-likeness (QED) is 0.437. The van der Waals surface area contributed by atoms with Gasteiger partial charge in [0.05, 0.1) is 11.3 Å². The van der Waals surface area contributed by atoms with E-state index in [0.29, 0.717) is 17.0 Å². The molecule has 0 fully saturated rings. The SMILES string of the molecule is CCCCc1ccc(N2C(=O)C(Nc3ccc(C)cc3)=C(c3ccc(C)cc3C)C2=O)cc1. The molecule has 0 saturated heterocycles. The minimum Gasteiger partial charge on any atom is -0.350 e. The van der Waals surface area contributed by atoms with E-state index in [9.17, 15) is 9.59 Å². The fraction of sp³-hybridized carbons (Fsp3) is 0.241. The van der Waals surface area contributed by atoms with Gasteiger partial charge in [0.1, 0.15) is 5.70 Å². The van der Waals surface area contributed by atoms with Crippen LogP contribution in [0.3, 0.4) is 0 Å². The summed E-state index contributed by atoms with van der Waals surface area (Å²) in [6.07, 6.45) is 3.23. The molecule has 1 heterocycles. The summed E-state index contributed by atoms with van der Waals surface area (Å²) in [7, 11) is 0. The molecule has 0 radical (unpaired) electrons. The summed E-state index contributed by atoms with van der Waals surface area (Å²) in [6, 6.07) is 21.5. The van der Waals surface area contributed by atoms with Crippen molar-refractivity contribution < 1.29 is 9.59 Å². The summed E-state index contributed by atoms with van der Waals surface area (Å²) >= 11 is 0. The minimum absolute atomic E-state index is 0.303. The fourth-order valence-electron chi connectivity index (χ4n) is 4.20. The number of nitrogens with one attached hydrogen (secondary N) is 1. The molecule has 0 saturated carbocycles. The lowest BCUT2D eigenvalue weighted by atomic mass is 9.97. The highest BCUT2D eigenvalue weighted by atomic mass is 16.2. The Hall–Kier alpha value is -3.66. The number of anilines is 2. The molecule has 0 atom stereocenters. The third-order valence-electron chi connectivity index (χ3n) is 6.07. The molecule has 1 aliphatic rings. The van der Waals surface area contributed by atoms with Crippen molar-refractivity contribution in [3.8, 4) is 0 Å². The molecule has 4 rings (SSSR count). The van der Waals surface area contributed by atoms with Crippen molar-refractivity contribution in [1.82, 2.24) is 0 Å². The van der Waals surface area contributed by atoms with Gasteiger partial charge in [-0.1, -0.05) is 66.9 Å².